The van der Waals surface area contributed by atoms with Crippen molar-refractivity contribution in [3.8, 4) is 5.75 Å². The Morgan fingerprint density at radius 3 is 2.84 bits per heavy atom. The predicted octanol–water partition coefficient (Wildman–Crippen LogP) is 1.42. The molecule has 0 fully saturated rings. The number of pyridine rings is 1. The number of esters is 1. The summed E-state index contributed by atoms with van der Waals surface area (Å²) in [6.07, 6.45) is -0.821. The second-order valence-corrected chi connectivity index (χ2v) is 4.15. The first-order valence-electron chi connectivity index (χ1n) is 5.96. The van der Waals surface area contributed by atoms with Gasteiger partial charge in [-0.1, -0.05) is 18.2 Å². The third-order valence-corrected chi connectivity index (χ3v) is 2.77. The maximum absolute atomic E-state index is 11.5. The normalized spacial score (nSPS) is 12.2. The van der Waals surface area contributed by atoms with E-state index in [2.05, 4.69) is 9.72 Å². The smallest absolute Gasteiger partial charge is 0.348 e. The summed E-state index contributed by atoms with van der Waals surface area (Å²) in [6, 6.07) is 9.43. The number of nitrogens with zero attached hydrogens (tertiary/aromatic N) is 1. The van der Waals surface area contributed by atoms with Gasteiger partial charge in [0.2, 0.25) is 6.10 Å². The molecule has 5 heteroatoms. The molecule has 0 aliphatic heterocycles. The number of para-hydroxylation sites is 1. The molecule has 0 radical (unpaired) electrons. The molecule has 0 spiro atoms. The Hall–Kier alpha value is -2.14. The lowest BCUT2D eigenvalue weighted by Crippen LogP contribution is -2.36. The maximum Gasteiger partial charge on any atom is 0.348 e. The van der Waals surface area contributed by atoms with Crippen LogP contribution in [-0.4, -0.2) is 30.7 Å². The summed E-state index contributed by atoms with van der Waals surface area (Å²) >= 11 is 0. The maximum atomic E-state index is 11.5. The quantitative estimate of drug-likeness (QED) is 0.841. The van der Waals surface area contributed by atoms with Gasteiger partial charge in [-0.05, 0) is 19.1 Å². The summed E-state index contributed by atoms with van der Waals surface area (Å²) in [5.41, 5.74) is 7.12. The molecule has 100 valence electrons. The summed E-state index contributed by atoms with van der Waals surface area (Å²) in [5.74, 6) is 0.0363. The Balaban J connectivity index is 2.39. The van der Waals surface area contributed by atoms with E-state index in [-0.39, 0.29) is 6.54 Å². The van der Waals surface area contributed by atoms with E-state index in [4.69, 9.17) is 10.5 Å². The lowest BCUT2D eigenvalue weighted by atomic mass is 10.2. The van der Waals surface area contributed by atoms with E-state index in [0.29, 0.717) is 11.3 Å². The summed E-state index contributed by atoms with van der Waals surface area (Å²) in [5, 5.41) is 0.948. The fourth-order valence-electron chi connectivity index (χ4n) is 1.79. The monoisotopic (exact) mass is 260 g/mol. The van der Waals surface area contributed by atoms with Crippen molar-refractivity contribution in [2.75, 3.05) is 13.7 Å². The van der Waals surface area contributed by atoms with Crippen LogP contribution in [0.3, 0.4) is 0 Å². The predicted molar refractivity (Wildman–Crippen MR) is 72.0 cm³/mol. The molecule has 1 unspecified atom stereocenters. The van der Waals surface area contributed by atoms with Gasteiger partial charge in [0.05, 0.1) is 7.11 Å². The number of carbonyl (C=O) groups is 1. The highest BCUT2D eigenvalue weighted by atomic mass is 16.6. The number of nitrogens with two attached hydrogens (primary N) is 1. The van der Waals surface area contributed by atoms with E-state index >= 15 is 0 Å². The lowest BCUT2D eigenvalue weighted by Gasteiger charge is -2.16. The molecule has 1 atom stereocenters. The van der Waals surface area contributed by atoms with Crippen LogP contribution in [0.1, 0.15) is 5.69 Å². The molecule has 1 aromatic heterocycles. The van der Waals surface area contributed by atoms with Crippen LogP contribution in [0.4, 0.5) is 0 Å². The van der Waals surface area contributed by atoms with Crippen molar-refractivity contribution in [1.82, 2.24) is 4.98 Å². The number of aromatic nitrogens is 1. The zero-order valence-electron chi connectivity index (χ0n) is 10.9. The Labute approximate surface area is 111 Å². The first-order chi connectivity index (χ1) is 9.15. The van der Waals surface area contributed by atoms with Gasteiger partial charge in [0, 0.05) is 17.6 Å². The summed E-state index contributed by atoms with van der Waals surface area (Å²) in [7, 11) is 1.31. The number of carbonyl (C=O) groups excluding carboxylic acids is 1. The number of hydrogen-bond donors (Lipinski definition) is 1. The number of benzene rings is 1. The molecule has 0 bridgehead atoms. The molecule has 0 saturated heterocycles. The Morgan fingerprint density at radius 1 is 1.37 bits per heavy atom. The first-order valence-corrected chi connectivity index (χ1v) is 5.96. The minimum absolute atomic E-state index is 0.0505. The zero-order chi connectivity index (χ0) is 13.8. The number of rotatable bonds is 4. The topological polar surface area (TPSA) is 74.4 Å². The molecule has 2 rings (SSSR count). The Kier molecular flexibility index (Phi) is 3.97. The minimum Gasteiger partial charge on any atom is -0.475 e. The molecule has 5 nitrogen and oxygen atoms in total. The van der Waals surface area contributed by atoms with Crippen molar-refractivity contribution < 1.29 is 14.3 Å². The van der Waals surface area contributed by atoms with Crippen LogP contribution in [0.2, 0.25) is 0 Å². The van der Waals surface area contributed by atoms with Crippen molar-refractivity contribution in [2.45, 2.75) is 13.0 Å². The van der Waals surface area contributed by atoms with E-state index < -0.39 is 12.1 Å². The summed E-state index contributed by atoms with van der Waals surface area (Å²) < 4.78 is 10.3. The highest BCUT2D eigenvalue weighted by Crippen LogP contribution is 2.24. The van der Waals surface area contributed by atoms with Gasteiger partial charge in [-0.25, -0.2) is 9.78 Å². The third kappa shape index (κ3) is 2.82. The van der Waals surface area contributed by atoms with Gasteiger partial charge in [-0.3, -0.25) is 0 Å². The zero-order valence-corrected chi connectivity index (χ0v) is 10.9. The molecule has 2 aromatic rings. The molecule has 2 N–H and O–H groups in total. The minimum atomic E-state index is -0.821. The van der Waals surface area contributed by atoms with E-state index in [1.54, 1.807) is 6.07 Å². The van der Waals surface area contributed by atoms with Gasteiger partial charge < -0.3 is 15.2 Å². The number of aryl methyl sites for hydroxylation is 1. The van der Waals surface area contributed by atoms with Crippen molar-refractivity contribution in [1.29, 1.82) is 0 Å². The molecule has 1 heterocycles. The van der Waals surface area contributed by atoms with Crippen molar-refractivity contribution in [3.63, 3.8) is 0 Å². The fraction of sp³-hybridized carbons (Fsp3) is 0.286. The van der Waals surface area contributed by atoms with Gasteiger partial charge in [-0.15, -0.1) is 0 Å². The van der Waals surface area contributed by atoms with Crippen LogP contribution in [0.15, 0.2) is 30.3 Å². The van der Waals surface area contributed by atoms with E-state index in [9.17, 15) is 4.79 Å². The molecular formula is C14H16N2O3. The SMILES string of the molecule is COC(=O)C(CN)Oc1cccc2ccc(C)nc12. The average molecular weight is 260 g/mol. The highest BCUT2D eigenvalue weighted by Gasteiger charge is 2.20. The molecule has 0 aliphatic carbocycles. The lowest BCUT2D eigenvalue weighted by molar-refractivity contribution is -0.148. The van der Waals surface area contributed by atoms with Crippen molar-refractivity contribution in [2.24, 2.45) is 5.73 Å². The fourth-order valence-corrected chi connectivity index (χ4v) is 1.79. The highest BCUT2D eigenvalue weighted by molar-refractivity contribution is 5.85. The standard InChI is InChI=1S/C14H16N2O3/c1-9-6-7-10-4-3-5-11(13(10)16-9)19-12(8-15)14(17)18-2/h3-7,12H,8,15H2,1-2H3. The molecule has 1 aromatic carbocycles. The van der Waals surface area contributed by atoms with Crippen LogP contribution in [0, 0.1) is 6.92 Å². The average Bonchev–Trinajstić information content (AvgIpc) is 2.44. The van der Waals surface area contributed by atoms with Gasteiger partial charge in [0.1, 0.15) is 11.3 Å². The second-order valence-electron chi connectivity index (χ2n) is 4.15. The van der Waals surface area contributed by atoms with Crippen LogP contribution >= 0.6 is 0 Å². The van der Waals surface area contributed by atoms with Crippen LogP contribution in [-0.2, 0) is 9.53 Å². The van der Waals surface area contributed by atoms with E-state index in [0.717, 1.165) is 11.1 Å². The van der Waals surface area contributed by atoms with Gasteiger partial charge >= 0.3 is 5.97 Å². The van der Waals surface area contributed by atoms with E-state index in [1.165, 1.54) is 7.11 Å². The van der Waals surface area contributed by atoms with Gasteiger partial charge in [-0.2, -0.15) is 0 Å². The van der Waals surface area contributed by atoms with Crippen LogP contribution in [0.25, 0.3) is 10.9 Å². The first kappa shape index (κ1) is 13.3. The third-order valence-electron chi connectivity index (χ3n) is 2.77. The number of ether oxygens (including phenoxy) is 2. The van der Waals surface area contributed by atoms with Gasteiger partial charge in [0.25, 0.3) is 0 Å². The van der Waals surface area contributed by atoms with Gasteiger partial charge in [0.15, 0.2) is 0 Å². The Morgan fingerprint density at radius 2 is 2.16 bits per heavy atom. The second kappa shape index (κ2) is 5.67. The number of hydrogen-bond acceptors (Lipinski definition) is 5. The Bertz CT molecular complexity index is 598. The largest absolute Gasteiger partial charge is 0.475 e. The van der Waals surface area contributed by atoms with Crippen molar-refractivity contribution >= 4 is 16.9 Å². The molecular weight excluding hydrogens is 244 g/mol. The van der Waals surface area contributed by atoms with Crippen LogP contribution in [0.5, 0.6) is 5.75 Å². The molecule has 0 saturated carbocycles. The molecule has 19 heavy (non-hydrogen) atoms. The summed E-state index contributed by atoms with van der Waals surface area (Å²) in [6.45, 7) is 1.95. The number of methoxy groups -OCH3 is 1. The van der Waals surface area contributed by atoms with Crippen LogP contribution < -0.4 is 10.5 Å². The molecule has 0 aliphatic rings. The molecule has 0 amide bonds. The number of fused-ring (bicyclic) bond motifs is 1. The van der Waals surface area contributed by atoms with Crippen molar-refractivity contribution in [3.05, 3.63) is 36.0 Å². The van der Waals surface area contributed by atoms with E-state index in [1.807, 2.05) is 31.2 Å². The summed E-state index contributed by atoms with van der Waals surface area (Å²) in [4.78, 5) is 15.9.